The van der Waals surface area contributed by atoms with E-state index in [-0.39, 0.29) is 12.4 Å². The van der Waals surface area contributed by atoms with Gasteiger partial charge in [0.1, 0.15) is 17.3 Å². The van der Waals surface area contributed by atoms with Gasteiger partial charge in [0.2, 0.25) is 0 Å². The Morgan fingerprint density at radius 2 is 1.83 bits per heavy atom. The molecule has 4 heteroatoms. The number of aliphatic hydroxyl groups excluding tert-OH is 1. The Kier molecular flexibility index (Phi) is 3.60. The van der Waals surface area contributed by atoms with Crippen molar-refractivity contribution in [2.45, 2.75) is 6.61 Å². The zero-order valence-corrected chi connectivity index (χ0v) is 9.76. The largest absolute Gasteiger partial charge is 0.457 e. The molecule has 4 N–H and O–H groups in total. The van der Waals surface area contributed by atoms with E-state index < -0.39 is 0 Å². The maximum absolute atomic E-state index is 9.03. The van der Waals surface area contributed by atoms with Crippen LogP contribution in [-0.2, 0) is 6.61 Å². The number of nitrogens with one attached hydrogen (secondary N) is 1. The average molecular weight is 242 g/mol. The molecule has 0 unspecified atom stereocenters. The Morgan fingerprint density at radius 1 is 1.11 bits per heavy atom. The molecular weight excluding hydrogens is 228 g/mol. The van der Waals surface area contributed by atoms with Gasteiger partial charge in [-0.15, -0.1) is 0 Å². The molecule has 0 atom stereocenters. The van der Waals surface area contributed by atoms with Crippen LogP contribution in [0.15, 0.2) is 48.5 Å². The van der Waals surface area contributed by atoms with Crippen molar-refractivity contribution < 1.29 is 9.84 Å². The second kappa shape index (κ2) is 5.33. The van der Waals surface area contributed by atoms with Crippen molar-refractivity contribution in [3.05, 3.63) is 59.7 Å². The van der Waals surface area contributed by atoms with Crippen LogP contribution >= 0.6 is 0 Å². The SMILES string of the molecule is N=C(N)c1ccc(Oc2cccc(CO)c2)cc1. The fourth-order valence-corrected chi connectivity index (χ4v) is 1.55. The minimum Gasteiger partial charge on any atom is -0.457 e. The Balaban J connectivity index is 2.15. The van der Waals surface area contributed by atoms with Gasteiger partial charge in [0.05, 0.1) is 6.61 Å². The molecule has 0 aliphatic heterocycles. The molecule has 2 aromatic carbocycles. The highest BCUT2D eigenvalue weighted by atomic mass is 16.5. The third-order valence-corrected chi connectivity index (χ3v) is 2.48. The van der Waals surface area contributed by atoms with Crippen LogP contribution < -0.4 is 10.5 Å². The second-order valence-electron chi connectivity index (χ2n) is 3.85. The Bertz CT molecular complexity index is 550. The molecule has 2 aromatic rings. The summed E-state index contributed by atoms with van der Waals surface area (Å²) in [5, 5.41) is 16.3. The van der Waals surface area contributed by atoms with Crippen molar-refractivity contribution in [1.82, 2.24) is 0 Å². The topological polar surface area (TPSA) is 79.3 Å². The molecule has 0 amide bonds. The molecule has 0 fully saturated rings. The van der Waals surface area contributed by atoms with Crippen molar-refractivity contribution in [2.75, 3.05) is 0 Å². The maximum Gasteiger partial charge on any atom is 0.127 e. The summed E-state index contributed by atoms with van der Waals surface area (Å²) in [6.45, 7) is -0.0134. The predicted octanol–water partition coefficient (Wildman–Crippen LogP) is 2.26. The van der Waals surface area contributed by atoms with Gasteiger partial charge in [-0.2, -0.15) is 0 Å². The zero-order chi connectivity index (χ0) is 13.0. The number of nitrogen functional groups attached to an aromatic ring is 1. The van der Waals surface area contributed by atoms with Crippen molar-refractivity contribution >= 4 is 5.84 Å². The Hall–Kier alpha value is -2.33. The lowest BCUT2D eigenvalue weighted by Gasteiger charge is -2.07. The van der Waals surface area contributed by atoms with Crippen molar-refractivity contribution in [2.24, 2.45) is 5.73 Å². The van der Waals surface area contributed by atoms with Crippen LogP contribution in [0, 0.1) is 5.41 Å². The van der Waals surface area contributed by atoms with Crippen LogP contribution in [0.1, 0.15) is 11.1 Å². The molecule has 0 aliphatic rings. The number of ether oxygens (including phenoxy) is 1. The normalized spacial score (nSPS) is 10.1. The van der Waals surface area contributed by atoms with E-state index >= 15 is 0 Å². The summed E-state index contributed by atoms with van der Waals surface area (Å²) >= 11 is 0. The summed E-state index contributed by atoms with van der Waals surface area (Å²) in [5.74, 6) is 1.36. The lowest BCUT2D eigenvalue weighted by molar-refractivity contribution is 0.281. The predicted molar refractivity (Wildman–Crippen MR) is 69.9 cm³/mol. The number of benzene rings is 2. The molecule has 0 spiro atoms. The molecule has 2 rings (SSSR count). The molecule has 0 saturated heterocycles. The van der Waals surface area contributed by atoms with E-state index in [1.807, 2.05) is 18.2 Å². The van der Waals surface area contributed by atoms with Gasteiger partial charge >= 0.3 is 0 Å². The maximum atomic E-state index is 9.03. The standard InChI is InChI=1S/C14H14N2O2/c15-14(16)11-4-6-12(7-5-11)18-13-3-1-2-10(8-13)9-17/h1-8,17H,9H2,(H3,15,16). The first kappa shape index (κ1) is 12.1. The van der Waals surface area contributed by atoms with Gasteiger partial charge in [-0.25, -0.2) is 0 Å². The van der Waals surface area contributed by atoms with Gasteiger partial charge in [0, 0.05) is 5.56 Å². The summed E-state index contributed by atoms with van der Waals surface area (Å²) in [5.41, 5.74) is 6.83. The summed E-state index contributed by atoms with van der Waals surface area (Å²) in [4.78, 5) is 0. The molecule has 0 radical (unpaired) electrons. The van der Waals surface area contributed by atoms with E-state index in [4.69, 9.17) is 21.0 Å². The number of rotatable bonds is 4. The molecule has 92 valence electrons. The smallest absolute Gasteiger partial charge is 0.127 e. The highest BCUT2D eigenvalue weighted by Gasteiger charge is 2.00. The first-order valence-electron chi connectivity index (χ1n) is 5.51. The van der Waals surface area contributed by atoms with Crippen LogP contribution in [-0.4, -0.2) is 10.9 Å². The number of nitrogens with two attached hydrogens (primary N) is 1. The van der Waals surface area contributed by atoms with E-state index in [1.54, 1.807) is 30.3 Å². The molecular formula is C14H14N2O2. The van der Waals surface area contributed by atoms with Crippen LogP contribution in [0.2, 0.25) is 0 Å². The lowest BCUT2D eigenvalue weighted by Crippen LogP contribution is -2.10. The van der Waals surface area contributed by atoms with Gasteiger partial charge in [0.15, 0.2) is 0 Å². The fraction of sp³-hybridized carbons (Fsp3) is 0.0714. The number of hydrogen-bond acceptors (Lipinski definition) is 3. The third kappa shape index (κ3) is 2.87. The van der Waals surface area contributed by atoms with E-state index in [1.165, 1.54) is 0 Å². The van der Waals surface area contributed by atoms with E-state index in [0.717, 1.165) is 5.56 Å². The minimum absolute atomic E-state index is 0.0134. The van der Waals surface area contributed by atoms with Crippen LogP contribution in [0.4, 0.5) is 0 Å². The molecule has 0 heterocycles. The van der Waals surface area contributed by atoms with Crippen molar-refractivity contribution in [3.8, 4) is 11.5 Å². The highest BCUT2D eigenvalue weighted by Crippen LogP contribution is 2.22. The summed E-state index contributed by atoms with van der Waals surface area (Å²) < 4.78 is 5.63. The van der Waals surface area contributed by atoms with Gasteiger partial charge in [-0.1, -0.05) is 12.1 Å². The molecule has 0 saturated carbocycles. The van der Waals surface area contributed by atoms with Gasteiger partial charge < -0.3 is 15.6 Å². The van der Waals surface area contributed by atoms with Crippen LogP contribution in [0.5, 0.6) is 11.5 Å². The fourth-order valence-electron chi connectivity index (χ4n) is 1.55. The number of amidine groups is 1. The minimum atomic E-state index is -0.0134. The molecule has 0 aliphatic carbocycles. The zero-order valence-electron chi connectivity index (χ0n) is 9.76. The monoisotopic (exact) mass is 242 g/mol. The average Bonchev–Trinajstić information content (AvgIpc) is 2.39. The number of hydrogen-bond donors (Lipinski definition) is 3. The Morgan fingerprint density at radius 3 is 2.44 bits per heavy atom. The first-order valence-corrected chi connectivity index (χ1v) is 5.51. The summed E-state index contributed by atoms with van der Waals surface area (Å²) in [6.07, 6.45) is 0. The molecule has 4 nitrogen and oxygen atoms in total. The van der Waals surface area contributed by atoms with Crippen LogP contribution in [0.3, 0.4) is 0 Å². The third-order valence-electron chi connectivity index (χ3n) is 2.48. The molecule has 18 heavy (non-hydrogen) atoms. The second-order valence-corrected chi connectivity index (χ2v) is 3.85. The van der Waals surface area contributed by atoms with Gasteiger partial charge in [-0.05, 0) is 42.0 Å². The first-order chi connectivity index (χ1) is 8.69. The van der Waals surface area contributed by atoms with Crippen molar-refractivity contribution in [3.63, 3.8) is 0 Å². The molecule has 0 aromatic heterocycles. The van der Waals surface area contributed by atoms with Gasteiger partial charge in [-0.3, -0.25) is 5.41 Å². The number of aliphatic hydroxyl groups is 1. The summed E-state index contributed by atoms with van der Waals surface area (Å²) in [6, 6.07) is 14.2. The van der Waals surface area contributed by atoms with Crippen molar-refractivity contribution in [1.29, 1.82) is 5.41 Å². The quantitative estimate of drug-likeness (QED) is 0.568. The van der Waals surface area contributed by atoms with E-state index in [2.05, 4.69) is 0 Å². The lowest BCUT2D eigenvalue weighted by atomic mass is 10.2. The van der Waals surface area contributed by atoms with E-state index in [0.29, 0.717) is 17.1 Å². The molecule has 0 bridgehead atoms. The van der Waals surface area contributed by atoms with Gasteiger partial charge in [0.25, 0.3) is 0 Å². The highest BCUT2D eigenvalue weighted by molar-refractivity contribution is 5.94. The summed E-state index contributed by atoms with van der Waals surface area (Å²) in [7, 11) is 0. The van der Waals surface area contributed by atoms with E-state index in [9.17, 15) is 0 Å². The van der Waals surface area contributed by atoms with Crippen LogP contribution in [0.25, 0.3) is 0 Å². The Labute approximate surface area is 105 Å².